The first-order valence-electron chi connectivity index (χ1n) is 9.55. The largest absolute Gasteiger partial charge is 0.351 e. The summed E-state index contributed by atoms with van der Waals surface area (Å²) in [7, 11) is 0. The van der Waals surface area contributed by atoms with Gasteiger partial charge in [0.2, 0.25) is 5.91 Å². The maximum absolute atomic E-state index is 12.2. The second-order valence-electron chi connectivity index (χ2n) is 6.78. The normalized spacial score (nSPS) is 14.1. The summed E-state index contributed by atoms with van der Waals surface area (Å²) in [5, 5.41) is 2.91. The molecule has 3 rings (SSSR count). The van der Waals surface area contributed by atoms with Gasteiger partial charge in [0.25, 0.3) is 5.91 Å². The van der Waals surface area contributed by atoms with Crippen LogP contribution < -0.4 is 16.2 Å². The number of carbonyl (C=O) groups is 3. The lowest BCUT2D eigenvalue weighted by Crippen LogP contribution is -2.56. The van der Waals surface area contributed by atoms with E-state index in [0.717, 1.165) is 5.56 Å². The average Bonchev–Trinajstić information content (AvgIpc) is 2.77. The third-order valence-electron chi connectivity index (χ3n) is 4.68. The Labute approximate surface area is 169 Å². The van der Waals surface area contributed by atoms with Crippen molar-refractivity contribution in [3.63, 3.8) is 0 Å². The van der Waals surface area contributed by atoms with Crippen molar-refractivity contribution >= 4 is 17.8 Å². The standard InChI is InChI=1S/C21H25N5O3/c27-19(22-15-17-7-3-1-4-8-17)16-25-11-13-26(14-12-25)21(29)24-23-20(28)18-9-5-2-6-10-18/h1-10H,11-16H2,(H,22,27)(H,23,28)(H,24,29). The number of carbonyl (C=O) groups excluding carboxylic acids is 3. The molecule has 2 aromatic carbocycles. The number of hydrogen-bond donors (Lipinski definition) is 3. The first kappa shape index (κ1) is 20.3. The molecule has 0 spiro atoms. The van der Waals surface area contributed by atoms with Gasteiger partial charge in [-0.25, -0.2) is 10.2 Å². The van der Waals surface area contributed by atoms with Crippen LogP contribution in [0.15, 0.2) is 60.7 Å². The molecule has 8 nitrogen and oxygen atoms in total. The van der Waals surface area contributed by atoms with Gasteiger partial charge in [-0.05, 0) is 17.7 Å². The molecule has 0 radical (unpaired) electrons. The number of urea groups is 1. The van der Waals surface area contributed by atoms with Crippen molar-refractivity contribution in [2.45, 2.75) is 6.54 Å². The zero-order valence-electron chi connectivity index (χ0n) is 16.1. The number of amides is 4. The van der Waals surface area contributed by atoms with Crippen molar-refractivity contribution in [1.82, 2.24) is 26.0 Å². The maximum atomic E-state index is 12.2. The van der Waals surface area contributed by atoms with Crippen molar-refractivity contribution in [1.29, 1.82) is 0 Å². The number of hydrazine groups is 1. The Hall–Kier alpha value is -3.39. The van der Waals surface area contributed by atoms with Gasteiger partial charge in [-0.2, -0.15) is 0 Å². The molecule has 152 valence electrons. The lowest BCUT2D eigenvalue weighted by molar-refractivity contribution is -0.122. The molecule has 1 heterocycles. The summed E-state index contributed by atoms with van der Waals surface area (Å²) in [5.41, 5.74) is 6.38. The molecule has 0 aliphatic carbocycles. The van der Waals surface area contributed by atoms with Gasteiger partial charge in [0, 0.05) is 38.3 Å². The third kappa shape index (κ3) is 6.32. The Bertz CT molecular complexity index is 821. The van der Waals surface area contributed by atoms with Gasteiger partial charge in [0.05, 0.1) is 6.54 Å². The van der Waals surface area contributed by atoms with E-state index in [1.165, 1.54) is 0 Å². The van der Waals surface area contributed by atoms with Crippen molar-refractivity contribution in [2.75, 3.05) is 32.7 Å². The Morgan fingerprint density at radius 1 is 0.793 bits per heavy atom. The summed E-state index contributed by atoms with van der Waals surface area (Å²) in [6, 6.07) is 18.1. The van der Waals surface area contributed by atoms with Gasteiger partial charge in [0.15, 0.2) is 0 Å². The van der Waals surface area contributed by atoms with E-state index in [4.69, 9.17) is 0 Å². The second kappa shape index (κ2) is 10.2. The summed E-state index contributed by atoms with van der Waals surface area (Å²) < 4.78 is 0. The summed E-state index contributed by atoms with van der Waals surface area (Å²) in [4.78, 5) is 39.9. The number of piperazine rings is 1. The predicted molar refractivity (Wildman–Crippen MR) is 109 cm³/mol. The Kier molecular flexibility index (Phi) is 7.18. The molecule has 1 aliphatic heterocycles. The topological polar surface area (TPSA) is 93.8 Å². The molecule has 0 saturated carbocycles. The van der Waals surface area contributed by atoms with Gasteiger partial charge >= 0.3 is 6.03 Å². The van der Waals surface area contributed by atoms with Crippen LogP contribution in [-0.4, -0.2) is 60.4 Å². The van der Waals surface area contributed by atoms with Crippen LogP contribution in [0.3, 0.4) is 0 Å². The fourth-order valence-electron chi connectivity index (χ4n) is 3.02. The van der Waals surface area contributed by atoms with Crippen LogP contribution in [0.5, 0.6) is 0 Å². The molecule has 1 fully saturated rings. The van der Waals surface area contributed by atoms with E-state index < -0.39 is 0 Å². The highest BCUT2D eigenvalue weighted by atomic mass is 16.2. The predicted octanol–water partition coefficient (Wildman–Crippen LogP) is 0.975. The maximum Gasteiger partial charge on any atom is 0.336 e. The molecular weight excluding hydrogens is 370 g/mol. The monoisotopic (exact) mass is 395 g/mol. The van der Waals surface area contributed by atoms with Crippen LogP contribution in [0, 0.1) is 0 Å². The minimum absolute atomic E-state index is 0.0399. The molecule has 2 aromatic rings. The molecular formula is C21H25N5O3. The number of nitrogens with one attached hydrogen (secondary N) is 3. The van der Waals surface area contributed by atoms with Gasteiger partial charge in [-0.3, -0.25) is 19.9 Å². The first-order valence-corrected chi connectivity index (χ1v) is 9.55. The summed E-state index contributed by atoms with van der Waals surface area (Å²) >= 11 is 0. The first-order chi connectivity index (χ1) is 14.1. The Balaban J connectivity index is 1.34. The zero-order chi connectivity index (χ0) is 20.5. The molecule has 0 aromatic heterocycles. The summed E-state index contributed by atoms with van der Waals surface area (Å²) in [5.74, 6) is -0.408. The van der Waals surface area contributed by atoms with Gasteiger partial charge in [0.1, 0.15) is 0 Å². The third-order valence-corrected chi connectivity index (χ3v) is 4.68. The van der Waals surface area contributed by atoms with E-state index in [1.807, 2.05) is 41.3 Å². The number of nitrogens with zero attached hydrogens (tertiary/aromatic N) is 2. The minimum Gasteiger partial charge on any atom is -0.351 e. The fraction of sp³-hybridized carbons (Fsp3) is 0.286. The number of benzene rings is 2. The van der Waals surface area contributed by atoms with E-state index in [1.54, 1.807) is 29.2 Å². The van der Waals surface area contributed by atoms with Gasteiger partial charge in [-0.15, -0.1) is 0 Å². The van der Waals surface area contributed by atoms with Crippen molar-refractivity contribution in [2.24, 2.45) is 0 Å². The molecule has 3 N–H and O–H groups in total. The van der Waals surface area contributed by atoms with Crippen molar-refractivity contribution in [3.05, 3.63) is 71.8 Å². The minimum atomic E-state index is -0.368. The van der Waals surface area contributed by atoms with E-state index in [2.05, 4.69) is 16.2 Å². The van der Waals surface area contributed by atoms with Gasteiger partial charge < -0.3 is 10.2 Å². The fourth-order valence-corrected chi connectivity index (χ4v) is 3.02. The van der Waals surface area contributed by atoms with Crippen molar-refractivity contribution in [3.8, 4) is 0 Å². The van der Waals surface area contributed by atoms with Crippen LogP contribution in [0.4, 0.5) is 4.79 Å². The molecule has 0 atom stereocenters. The second-order valence-corrected chi connectivity index (χ2v) is 6.78. The van der Waals surface area contributed by atoms with Crippen LogP contribution in [0.2, 0.25) is 0 Å². The number of hydrogen-bond acceptors (Lipinski definition) is 4. The zero-order valence-corrected chi connectivity index (χ0v) is 16.1. The molecule has 8 heteroatoms. The molecule has 0 unspecified atom stereocenters. The van der Waals surface area contributed by atoms with Crippen molar-refractivity contribution < 1.29 is 14.4 Å². The van der Waals surface area contributed by atoms with E-state index in [9.17, 15) is 14.4 Å². The summed E-state index contributed by atoms with van der Waals surface area (Å²) in [6.07, 6.45) is 0. The van der Waals surface area contributed by atoms with Crippen LogP contribution in [0.1, 0.15) is 15.9 Å². The lowest BCUT2D eigenvalue weighted by atomic mass is 10.2. The number of rotatable bonds is 5. The quantitative estimate of drug-likeness (QED) is 0.658. The molecule has 1 aliphatic rings. The molecule has 1 saturated heterocycles. The SMILES string of the molecule is O=C(CN1CCN(C(=O)NNC(=O)c2ccccc2)CC1)NCc1ccccc1. The van der Waals surface area contributed by atoms with Crippen LogP contribution >= 0.6 is 0 Å². The Morgan fingerprint density at radius 2 is 1.41 bits per heavy atom. The molecule has 0 bridgehead atoms. The van der Waals surface area contributed by atoms with Gasteiger partial charge in [-0.1, -0.05) is 48.5 Å². The van der Waals surface area contributed by atoms with E-state index >= 15 is 0 Å². The average molecular weight is 395 g/mol. The van der Waals surface area contributed by atoms with E-state index in [-0.39, 0.29) is 17.8 Å². The lowest BCUT2D eigenvalue weighted by Gasteiger charge is -2.34. The molecule has 29 heavy (non-hydrogen) atoms. The summed E-state index contributed by atoms with van der Waals surface area (Å²) in [6.45, 7) is 2.96. The molecule has 4 amide bonds. The van der Waals surface area contributed by atoms with Crippen LogP contribution in [-0.2, 0) is 11.3 Å². The highest BCUT2D eigenvalue weighted by Gasteiger charge is 2.22. The van der Waals surface area contributed by atoms with E-state index in [0.29, 0.717) is 44.8 Å². The Morgan fingerprint density at radius 3 is 2.07 bits per heavy atom. The highest BCUT2D eigenvalue weighted by Crippen LogP contribution is 2.03. The smallest absolute Gasteiger partial charge is 0.336 e. The highest BCUT2D eigenvalue weighted by molar-refractivity contribution is 5.95. The van der Waals surface area contributed by atoms with Crippen LogP contribution in [0.25, 0.3) is 0 Å².